The van der Waals surface area contributed by atoms with Gasteiger partial charge in [0.05, 0.1) is 24.0 Å². The van der Waals surface area contributed by atoms with Crippen molar-refractivity contribution in [3.05, 3.63) is 18.3 Å². The molecular formula is C18H27N3O4S2. The summed E-state index contributed by atoms with van der Waals surface area (Å²) in [6, 6.07) is 3.24. The first kappa shape index (κ1) is 20.6. The van der Waals surface area contributed by atoms with Crippen LogP contribution in [0.15, 0.2) is 28.3 Å². The van der Waals surface area contributed by atoms with E-state index in [4.69, 9.17) is 4.74 Å². The number of nitrogens with zero attached hydrogens (tertiary/aromatic N) is 3. The topological polar surface area (TPSA) is 79.8 Å². The van der Waals surface area contributed by atoms with Gasteiger partial charge in [0, 0.05) is 32.4 Å². The van der Waals surface area contributed by atoms with Crippen molar-refractivity contribution in [2.75, 3.05) is 45.1 Å². The molecule has 2 aliphatic heterocycles. The number of amides is 1. The van der Waals surface area contributed by atoms with Gasteiger partial charge >= 0.3 is 0 Å². The normalized spacial score (nSPS) is 24.7. The van der Waals surface area contributed by atoms with Crippen LogP contribution in [0.25, 0.3) is 0 Å². The van der Waals surface area contributed by atoms with Crippen LogP contribution >= 0.6 is 11.8 Å². The smallest absolute Gasteiger partial charge is 0.244 e. The number of hydrogen-bond acceptors (Lipinski definition) is 6. The number of hydrogen-bond donors (Lipinski definition) is 0. The highest BCUT2D eigenvalue weighted by Gasteiger charge is 2.27. The predicted octanol–water partition coefficient (Wildman–Crippen LogP) is 1.70. The van der Waals surface area contributed by atoms with Crippen molar-refractivity contribution in [1.82, 2.24) is 14.2 Å². The molecule has 0 unspecified atom stereocenters. The summed E-state index contributed by atoms with van der Waals surface area (Å²) in [5.74, 6) is 1.50. The largest absolute Gasteiger partial charge is 0.379 e. The molecule has 0 aromatic carbocycles. The fourth-order valence-electron chi connectivity index (χ4n) is 3.63. The Hall–Kier alpha value is -1.16. The van der Waals surface area contributed by atoms with Crippen LogP contribution in [0.2, 0.25) is 0 Å². The minimum Gasteiger partial charge on any atom is -0.379 e. The van der Waals surface area contributed by atoms with Gasteiger partial charge in [0.2, 0.25) is 15.9 Å². The third-order valence-corrected chi connectivity index (χ3v) is 7.69. The number of aromatic nitrogens is 1. The number of thioether (sulfide) groups is 1. The van der Waals surface area contributed by atoms with E-state index in [1.807, 2.05) is 4.90 Å². The van der Waals surface area contributed by atoms with E-state index in [1.54, 1.807) is 12.1 Å². The summed E-state index contributed by atoms with van der Waals surface area (Å²) in [5, 5.41) is 0.655. The van der Waals surface area contributed by atoms with Gasteiger partial charge in [-0.3, -0.25) is 4.79 Å². The van der Waals surface area contributed by atoms with Crippen molar-refractivity contribution in [2.45, 2.75) is 30.2 Å². The van der Waals surface area contributed by atoms with E-state index in [2.05, 4.69) is 18.8 Å². The van der Waals surface area contributed by atoms with E-state index in [0.717, 1.165) is 19.5 Å². The van der Waals surface area contributed by atoms with Crippen LogP contribution in [0.5, 0.6) is 0 Å². The Balaban J connectivity index is 1.57. The number of sulfonamides is 1. The van der Waals surface area contributed by atoms with Gasteiger partial charge in [0.15, 0.2) is 0 Å². The van der Waals surface area contributed by atoms with Gasteiger partial charge in [-0.05, 0) is 30.4 Å². The lowest BCUT2D eigenvalue weighted by molar-refractivity contribution is -0.130. The van der Waals surface area contributed by atoms with Gasteiger partial charge in [-0.2, -0.15) is 4.31 Å². The summed E-state index contributed by atoms with van der Waals surface area (Å²) in [4.78, 5) is 18.8. The van der Waals surface area contributed by atoms with E-state index < -0.39 is 10.0 Å². The molecule has 27 heavy (non-hydrogen) atoms. The van der Waals surface area contributed by atoms with Crippen LogP contribution in [0.3, 0.4) is 0 Å². The summed E-state index contributed by atoms with van der Waals surface area (Å²) < 4.78 is 31.8. The molecule has 0 N–H and O–H groups in total. The van der Waals surface area contributed by atoms with Gasteiger partial charge < -0.3 is 9.64 Å². The second kappa shape index (κ2) is 8.89. The Labute approximate surface area is 165 Å². The molecule has 2 atom stereocenters. The fraction of sp³-hybridized carbons (Fsp3) is 0.667. The Morgan fingerprint density at radius 2 is 1.89 bits per heavy atom. The summed E-state index contributed by atoms with van der Waals surface area (Å²) in [6.07, 6.45) is 2.54. The maximum absolute atomic E-state index is 12.6. The lowest BCUT2D eigenvalue weighted by atomic mass is 9.92. The molecule has 0 spiro atoms. The molecule has 2 saturated heterocycles. The standard InChI is InChI=1S/C18H27N3O4S2/c1-14-9-15(2)12-20(11-14)18(22)13-26-17-4-3-16(10-19-17)27(23,24)21-5-7-25-8-6-21/h3-4,10,14-15H,5-9,11-13H2,1-2H3/t14-,15-/m1/s1. The number of carbonyl (C=O) groups excluding carboxylic acids is 1. The van der Waals surface area contributed by atoms with Gasteiger partial charge in [0.1, 0.15) is 4.90 Å². The fourth-order valence-corrected chi connectivity index (χ4v) is 5.73. The first-order valence-corrected chi connectivity index (χ1v) is 11.7. The van der Waals surface area contributed by atoms with Crippen molar-refractivity contribution >= 4 is 27.7 Å². The lowest BCUT2D eigenvalue weighted by Gasteiger charge is -2.35. The van der Waals surface area contributed by atoms with Crippen molar-refractivity contribution in [3.63, 3.8) is 0 Å². The third kappa shape index (κ3) is 5.22. The molecule has 150 valence electrons. The van der Waals surface area contributed by atoms with Gasteiger partial charge in [-0.1, -0.05) is 25.6 Å². The first-order chi connectivity index (χ1) is 12.9. The summed E-state index contributed by atoms with van der Waals surface area (Å²) in [7, 11) is -3.53. The van der Waals surface area contributed by atoms with Crippen molar-refractivity contribution in [1.29, 1.82) is 0 Å². The highest BCUT2D eigenvalue weighted by molar-refractivity contribution is 7.99. The van der Waals surface area contributed by atoms with Crippen LogP contribution in [0.4, 0.5) is 0 Å². The minimum atomic E-state index is -3.53. The molecule has 7 nitrogen and oxygen atoms in total. The van der Waals surface area contributed by atoms with E-state index in [0.29, 0.717) is 48.9 Å². The summed E-state index contributed by atoms with van der Waals surface area (Å²) in [5.41, 5.74) is 0. The molecule has 9 heteroatoms. The molecule has 1 aromatic heterocycles. The number of rotatable bonds is 5. The highest BCUT2D eigenvalue weighted by Crippen LogP contribution is 2.24. The molecule has 3 heterocycles. The van der Waals surface area contributed by atoms with Crippen LogP contribution < -0.4 is 0 Å². The molecule has 1 amide bonds. The molecule has 0 bridgehead atoms. The zero-order valence-electron chi connectivity index (χ0n) is 15.8. The molecule has 1 aromatic rings. The van der Waals surface area contributed by atoms with E-state index in [1.165, 1.54) is 22.3 Å². The second-order valence-electron chi connectivity index (χ2n) is 7.38. The van der Waals surface area contributed by atoms with Crippen LogP contribution in [-0.4, -0.2) is 73.7 Å². The quantitative estimate of drug-likeness (QED) is 0.684. The average molecular weight is 414 g/mol. The molecule has 0 saturated carbocycles. The predicted molar refractivity (Wildman–Crippen MR) is 104 cm³/mol. The first-order valence-electron chi connectivity index (χ1n) is 9.31. The van der Waals surface area contributed by atoms with Gasteiger partial charge in [0.25, 0.3) is 0 Å². The van der Waals surface area contributed by atoms with Crippen molar-refractivity contribution < 1.29 is 17.9 Å². The van der Waals surface area contributed by atoms with Crippen LogP contribution in [-0.2, 0) is 19.6 Å². The third-order valence-electron chi connectivity index (χ3n) is 4.88. The Kier molecular flexibility index (Phi) is 6.78. The maximum atomic E-state index is 12.6. The second-order valence-corrected chi connectivity index (χ2v) is 10.3. The van der Waals surface area contributed by atoms with Crippen molar-refractivity contribution in [2.24, 2.45) is 11.8 Å². The summed E-state index contributed by atoms with van der Waals surface area (Å²) in [6.45, 7) is 7.53. The zero-order valence-corrected chi connectivity index (χ0v) is 17.5. The Morgan fingerprint density at radius 3 is 2.48 bits per heavy atom. The van der Waals surface area contributed by atoms with Crippen LogP contribution in [0, 0.1) is 11.8 Å². The molecular weight excluding hydrogens is 386 g/mol. The Bertz CT molecular complexity index is 738. The number of piperidine rings is 1. The lowest BCUT2D eigenvalue weighted by Crippen LogP contribution is -2.43. The molecule has 0 aliphatic carbocycles. The van der Waals surface area contributed by atoms with Crippen molar-refractivity contribution in [3.8, 4) is 0 Å². The number of likely N-dealkylation sites (tertiary alicyclic amines) is 1. The molecule has 2 aliphatic rings. The number of ether oxygens (including phenoxy) is 1. The maximum Gasteiger partial charge on any atom is 0.244 e. The van der Waals surface area contributed by atoms with Gasteiger partial charge in [-0.25, -0.2) is 13.4 Å². The highest BCUT2D eigenvalue weighted by atomic mass is 32.2. The number of morpholine rings is 1. The zero-order chi connectivity index (χ0) is 19.4. The van der Waals surface area contributed by atoms with E-state index >= 15 is 0 Å². The summed E-state index contributed by atoms with van der Waals surface area (Å²) >= 11 is 1.35. The number of carbonyl (C=O) groups is 1. The SMILES string of the molecule is C[C@@H]1C[C@@H](C)CN(C(=O)CSc2ccc(S(=O)(=O)N3CCOCC3)cn2)C1. The number of pyridine rings is 1. The van der Waals surface area contributed by atoms with Crippen LogP contribution in [0.1, 0.15) is 20.3 Å². The average Bonchev–Trinajstić information content (AvgIpc) is 2.66. The molecule has 3 rings (SSSR count). The molecule has 0 radical (unpaired) electrons. The monoisotopic (exact) mass is 413 g/mol. The Morgan fingerprint density at radius 1 is 1.22 bits per heavy atom. The molecule has 2 fully saturated rings. The minimum absolute atomic E-state index is 0.116. The van der Waals surface area contributed by atoms with E-state index in [-0.39, 0.29) is 10.8 Å². The van der Waals surface area contributed by atoms with E-state index in [9.17, 15) is 13.2 Å². The van der Waals surface area contributed by atoms with Gasteiger partial charge in [-0.15, -0.1) is 0 Å².